The van der Waals surface area contributed by atoms with Crippen LogP contribution in [0.4, 0.5) is 0 Å². The van der Waals surface area contributed by atoms with E-state index in [4.69, 9.17) is 23.1 Å². The van der Waals surface area contributed by atoms with Crippen LogP contribution in [0.5, 0.6) is 0 Å². The Morgan fingerprint density at radius 1 is 1.37 bits per heavy atom. The minimum absolute atomic E-state index is 0.0648. The van der Waals surface area contributed by atoms with Crippen molar-refractivity contribution in [1.82, 2.24) is 10.3 Å². The zero-order valence-electron chi connectivity index (χ0n) is 16.0. The lowest BCUT2D eigenvalue weighted by atomic mass is 9.98. The molecule has 0 fully saturated rings. The van der Waals surface area contributed by atoms with Gasteiger partial charge in [-0.1, -0.05) is 50.6 Å². The van der Waals surface area contributed by atoms with Crippen molar-refractivity contribution in [2.24, 2.45) is 11.5 Å². The number of nitrogens with two attached hydrogens (primary N) is 2. The van der Waals surface area contributed by atoms with Gasteiger partial charge in [-0.25, -0.2) is 4.98 Å². The maximum absolute atomic E-state index is 12.4. The first-order chi connectivity index (χ1) is 12.6. The largest absolute Gasteiger partial charge is 0.404 e. The molecular formula is C20H25ClN4OS. The van der Waals surface area contributed by atoms with E-state index in [-0.39, 0.29) is 16.5 Å². The van der Waals surface area contributed by atoms with Gasteiger partial charge in [0.2, 0.25) is 0 Å². The average Bonchev–Trinajstić information content (AvgIpc) is 3.08. The standard InChI is InChI=1S/C20H25ClN4OS/c1-12-7-13(15(9-22)8-17(21)23)5-6-14(12)10-24-18(26)16-11-25-19(27-16)20(2,3)4/h5-9,11H,10,22-23H2,1-4H3,(H,24,26)/b15-9+,17-8-. The van der Waals surface area contributed by atoms with Crippen LogP contribution in [0, 0.1) is 6.92 Å². The van der Waals surface area contributed by atoms with Gasteiger partial charge in [-0.15, -0.1) is 11.3 Å². The molecule has 1 aromatic heterocycles. The molecule has 0 aliphatic heterocycles. The molecule has 0 unspecified atom stereocenters. The van der Waals surface area contributed by atoms with Gasteiger partial charge in [0.1, 0.15) is 4.88 Å². The quantitative estimate of drug-likeness (QED) is 0.518. The van der Waals surface area contributed by atoms with Crippen LogP contribution in [0.15, 0.2) is 41.8 Å². The van der Waals surface area contributed by atoms with Crippen LogP contribution in [-0.4, -0.2) is 10.9 Å². The Labute approximate surface area is 169 Å². The van der Waals surface area contributed by atoms with Crippen molar-refractivity contribution in [2.75, 3.05) is 0 Å². The zero-order valence-corrected chi connectivity index (χ0v) is 17.5. The summed E-state index contributed by atoms with van der Waals surface area (Å²) in [5.41, 5.74) is 14.8. The Kier molecular flexibility index (Phi) is 6.68. The Morgan fingerprint density at radius 2 is 2.07 bits per heavy atom. The van der Waals surface area contributed by atoms with Crippen LogP contribution in [0.1, 0.15) is 52.1 Å². The van der Waals surface area contributed by atoms with Crippen molar-refractivity contribution in [3.8, 4) is 0 Å². The summed E-state index contributed by atoms with van der Waals surface area (Å²) in [5, 5.41) is 4.07. The summed E-state index contributed by atoms with van der Waals surface area (Å²) in [5.74, 6) is -0.119. The van der Waals surface area contributed by atoms with Crippen LogP contribution in [0.25, 0.3) is 5.57 Å². The zero-order chi connectivity index (χ0) is 20.2. The molecule has 144 valence electrons. The van der Waals surface area contributed by atoms with E-state index in [1.54, 1.807) is 12.3 Å². The second kappa shape index (κ2) is 8.59. The minimum Gasteiger partial charge on any atom is -0.404 e. The number of carbonyl (C=O) groups excluding carboxylic acids is 1. The highest BCUT2D eigenvalue weighted by molar-refractivity contribution is 7.13. The van der Waals surface area contributed by atoms with E-state index in [9.17, 15) is 4.79 Å². The molecule has 2 aromatic rings. The number of nitrogens with zero attached hydrogens (tertiary/aromatic N) is 1. The Hall–Kier alpha value is -2.31. The van der Waals surface area contributed by atoms with Crippen molar-refractivity contribution < 1.29 is 4.79 Å². The molecule has 7 heteroatoms. The molecule has 27 heavy (non-hydrogen) atoms. The van der Waals surface area contributed by atoms with Gasteiger partial charge in [0.05, 0.1) is 16.4 Å². The van der Waals surface area contributed by atoms with E-state index in [1.807, 2.05) is 25.1 Å². The number of aromatic nitrogens is 1. The number of benzene rings is 1. The van der Waals surface area contributed by atoms with Crippen LogP contribution in [0.3, 0.4) is 0 Å². The number of nitrogens with one attached hydrogen (secondary N) is 1. The smallest absolute Gasteiger partial charge is 0.263 e. The van der Waals surface area contributed by atoms with Crippen molar-refractivity contribution in [2.45, 2.75) is 39.7 Å². The molecule has 1 heterocycles. The van der Waals surface area contributed by atoms with Crippen molar-refractivity contribution in [3.05, 3.63) is 68.4 Å². The molecule has 2 rings (SSSR count). The van der Waals surface area contributed by atoms with Gasteiger partial charge in [-0.05, 0) is 29.7 Å². The third-order valence-electron chi connectivity index (χ3n) is 3.96. The maximum atomic E-state index is 12.4. The van der Waals surface area contributed by atoms with Crippen molar-refractivity contribution in [3.63, 3.8) is 0 Å². The first kappa shape index (κ1) is 21.0. The van der Waals surface area contributed by atoms with Gasteiger partial charge in [0, 0.05) is 23.7 Å². The topological polar surface area (TPSA) is 94.0 Å². The van der Waals surface area contributed by atoms with Gasteiger partial charge in [-0.3, -0.25) is 4.79 Å². The number of aryl methyl sites for hydroxylation is 1. The summed E-state index contributed by atoms with van der Waals surface area (Å²) >= 11 is 7.16. The lowest BCUT2D eigenvalue weighted by Crippen LogP contribution is -2.22. The first-order valence-electron chi connectivity index (χ1n) is 8.51. The fourth-order valence-corrected chi connectivity index (χ4v) is 3.45. The average molecular weight is 405 g/mol. The number of hydrogen-bond donors (Lipinski definition) is 3. The number of carbonyl (C=O) groups is 1. The minimum atomic E-state index is -0.119. The lowest BCUT2D eigenvalue weighted by Gasteiger charge is -2.13. The molecule has 0 aliphatic carbocycles. The van der Waals surface area contributed by atoms with E-state index >= 15 is 0 Å². The number of rotatable bonds is 5. The highest BCUT2D eigenvalue weighted by Gasteiger charge is 2.20. The summed E-state index contributed by atoms with van der Waals surface area (Å²) in [6, 6.07) is 5.87. The number of thiazole rings is 1. The fourth-order valence-electron chi connectivity index (χ4n) is 2.44. The third-order valence-corrected chi connectivity index (χ3v) is 5.49. The van der Waals surface area contributed by atoms with Crippen molar-refractivity contribution in [1.29, 1.82) is 0 Å². The summed E-state index contributed by atoms with van der Waals surface area (Å²) in [6.07, 6.45) is 4.70. The van der Waals surface area contributed by atoms with E-state index < -0.39 is 0 Å². The molecular weight excluding hydrogens is 380 g/mol. The molecule has 1 amide bonds. The van der Waals surface area contributed by atoms with E-state index in [1.165, 1.54) is 17.5 Å². The summed E-state index contributed by atoms with van der Waals surface area (Å²) in [7, 11) is 0. The van der Waals surface area contributed by atoms with Gasteiger partial charge in [-0.2, -0.15) is 0 Å². The second-order valence-electron chi connectivity index (χ2n) is 7.25. The fraction of sp³-hybridized carbons (Fsp3) is 0.300. The summed E-state index contributed by atoms with van der Waals surface area (Å²) in [6.45, 7) is 8.65. The molecule has 5 N–H and O–H groups in total. The highest BCUT2D eigenvalue weighted by Crippen LogP contribution is 2.27. The molecule has 0 radical (unpaired) electrons. The molecule has 0 aliphatic rings. The normalized spacial score (nSPS) is 12.9. The second-order valence-corrected chi connectivity index (χ2v) is 8.72. The van der Waals surface area contributed by atoms with Crippen LogP contribution in [0.2, 0.25) is 0 Å². The number of hydrogen-bond acceptors (Lipinski definition) is 5. The van der Waals surface area contributed by atoms with Crippen molar-refractivity contribution >= 4 is 34.4 Å². The lowest BCUT2D eigenvalue weighted by molar-refractivity contribution is 0.0954. The maximum Gasteiger partial charge on any atom is 0.263 e. The summed E-state index contributed by atoms with van der Waals surface area (Å²) < 4.78 is 0. The first-order valence-corrected chi connectivity index (χ1v) is 9.70. The number of amides is 1. The van der Waals surface area contributed by atoms with Crippen LogP contribution >= 0.6 is 22.9 Å². The number of halogens is 1. The number of allylic oxidation sites excluding steroid dienone is 2. The molecule has 0 bridgehead atoms. The van der Waals surface area contributed by atoms with Gasteiger partial charge < -0.3 is 16.8 Å². The van der Waals surface area contributed by atoms with E-state index in [2.05, 4.69) is 31.1 Å². The Balaban J connectivity index is 2.09. The van der Waals surface area contributed by atoms with E-state index in [0.29, 0.717) is 11.4 Å². The van der Waals surface area contributed by atoms with Crippen LogP contribution < -0.4 is 16.8 Å². The Bertz CT molecular complexity index is 890. The van der Waals surface area contributed by atoms with Gasteiger partial charge in [0.15, 0.2) is 0 Å². The summed E-state index contributed by atoms with van der Waals surface area (Å²) in [4.78, 5) is 17.4. The predicted octanol–water partition coefficient (Wildman–Crippen LogP) is 4.02. The molecule has 1 aromatic carbocycles. The van der Waals surface area contributed by atoms with Crippen LogP contribution in [-0.2, 0) is 12.0 Å². The SMILES string of the molecule is Cc1cc(C(/C=C(\N)Cl)=C/N)ccc1CNC(=O)c1cnc(C(C)(C)C)s1. The molecule has 5 nitrogen and oxygen atoms in total. The monoisotopic (exact) mass is 404 g/mol. The third kappa shape index (κ3) is 5.58. The van der Waals surface area contributed by atoms with Gasteiger partial charge >= 0.3 is 0 Å². The molecule has 0 saturated carbocycles. The Morgan fingerprint density at radius 3 is 2.59 bits per heavy atom. The van der Waals surface area contributed by atoms with Gasteiger partial charge in [0.25, 0.3) is 5.91 Å². The molecule has 0 spiro atoms. The van der Waals surface area contributed by atoms with E-state index in [0.717, 1.165) is 27.3 Å². The molecule has 0 saturated heterocycles. The highest BCUT2D eigenvalue weighted by atomic mass is 35.5. The molecule has 0 atom stereocenters. The predicted molar refractivity (Wildman–Crippen MR) is 113 cm³/mol.